The number of aliphatic imine (C=N–C) groups is 1. The first-order chi connectivity index (χ1) is 6.83. The number of amides is 1. The lowest BCUT2D eigenvalue weighted by Gasteiger charge is -2.28. The fraction of sp³-hybridized carbons (Fsp3) is 0.429. The van der Waals surface area contributed by atoms with Gasteiger partial charge in [-0.3, -0.25) is 4.79 Å². The van der Waals surface area contributed by atoms with Crippen molar-refractivity contribution >= 4 is 33.6 Å². The maximum Gasteiger partial charge on any atom is 0.311 e. The maximum absolute atomic E-state index is 11.5. The van der Waals surface area contributed by atoms with E-state index in [1.165, 1.54) is 13.2 Å². The molecule has 1 amide bonds. The molecule has 0 saturated heterocycles. The number of hydrogen-bond acceptors (Lipinski definition) is 5. The van der Waals surface area contributed by atoms with Crippen LogP contribution in [0.4, 0.5) is 0 Å². The van der Waals surface area contributed by atoms with Gasteiger partial charge in [-0.2, -0.15) is 0 Å². The zero-order valence-electron chi connectivity index (χ0n) is 8.11. The molecule has 0 saturated carbocycles. The SMILES string of the molecule is CNC(=O)C1(S(C)(=O)=O)N=CC(Cl)=CN1. The average Bonchev–Trinajstić information content (AvgIpc) is 2.16. The zero-order valence-corrected chi connectivity index (χ0v) is 9.69. The van der Waals surface area contributed by atoms with Crippen LogP contribution in [-0.2, 0) is 14.6 Å². The minimum absolute atomic E-state index is 0.221. The van der Waals surface area contributed by atoms with E-state index in [0.717, 1.165) is 12.5 Å². The molecule has 6 nitrogen and oxygen atoms in total. The smallest absolute Gasteiger partial charge is 0.311 e. The van der Waals surface area contributed by atoms with Crippen LogP contribution in [0.3, 0.4) is 0 Å². The lowest BCUT2D eigenvalue weighted by Crippen LogP contribution is -2.59. The molecule has 0 fully saturated rings. The first-order valence-electron chi connectivity index (χ1n) is 3.94. The number of carbonyl (C=O) groups excluding carboxylic acids is 1. The molecule has 2 N–H and O–H groups in total. The first-order valence-corrected chi connectivity index (χ1v) is 6.21. The quantitative estimate of drug-likeness (QED) is 0.672. The number of sulfone groups is 1. The van der Waals surface area contributed by atoms with Gasteiger partial charge in [-0.15, -0.1) is 0 Å². The number of hydrogen-bond donors (Lipinski definition) is 2. The molecule has 0 aromatic rings. The molecule has 0 spiro atoms. The Kier molecular flexibility index (Phi) is 3.05. The summed E-state index contributed by atoms with van der Waals surface area (Å²) in [5.41, 5.74) is 0. The average molecular weight is 252 g/mol. The molecule has 1 aliphatic heterocycles. The van der Waals surface area contributed by atoms with Crippen LogP contribution in [0.25, 0.3) is 0 Å². The van der Waals surface area contributed by atoms with Gasteiger partial charge in [-0.1, -0.05) is 11.6 Å². The summed E-state index contributed by atoms with van der Waals surface area (Å²) >= 11 is 5.56. The number of rotatable bonds is 2. The van der Waals surface area contributed by atoms with Crippen LogP contribution in [0.15, 0.2) is 16.2 Å². The molecular formula is C7H10ClN3O3S. The lowest BCUT2D eigenvalue weighted by atomic mass is 10.4. The first kappa shape index (κ1) is 12.0. The molecule has 0 aliphatic carbocycles. The Morgan fingerprint density at radius 2 is 2.27 bits per heavy atom. The normalized spacial score (nSPS) is 25.4. The molecule has 0 radical (unpaired) electrons. The third kappa shape index (κ3) is 1.98. The van der Waals surface area contributed by atoms with Gasteiger partial charge < -0.3 is 10.6 Å². The third-order valence-electron chi connectivity index (χ3n) is 1.85. The highest BCUT2D eigenvalue weighted by Gasteiger charge is 2.48. The minimum Gasteiger partial charge on any atom is -0.354 e. The summed E-state index contributed by atoms with van der Waals surface area (Å²) in [4.78, 5) is 13.1. The van der Waals surface area contributed by atoms with Gasteiger partial charge in [0.2, 0.25) is 9.84 Å². The zero-order chi connectivity index (χ0) is 11.7. The van der Waals surface area contributed by atoms with Crippen molar-refractivity contribution in [2.75, 3.05) is 13.3 Å². The lowest BCUT2D eigenvalue weighted by molar-refractivity contribution is -0.123. The van der Waals surface area contributed by atoms with Crippen molar-refractivity contribution in [1.29, 1.82) is 0 Å². The van der Waals surface area contributed by atoms with Gasteiger partial charge in [0.05, 0.1) is 5.03 Å². The van der Waals surface area contributed by atoms with Gasteiger partial charge >= 0.3 is 4.99 Å². The minimum atomic E-state index is -3.75. The molecular weight excluding hydrogens is 242 g/mol. The van der Waals surface area contributed by atoms with Crippen LogP contribution >= 0.6 is 11.6 Å². The van der Waals surface area contributed by atoms with Gasteiger partial charge in [0.15, 0.2) is 0 Å². The Bertz CT molecular complexity index is 442. The molecule has 15 heavy (non-hydrogen) atoms. The predicted octanol–water partition coefficient (Wildman–Crippen LogP) is -0.815. The van der Waals surface area contributed by atoms with Gasteiger partial charge in [-0.25, -0.2) is 13.4 Å². The third-order valence-corrected chi connectivity index (χ3v) is 3.54. The number of carbonyl (C=O) groups is 1. The molecule has 1 atom stereocenters. The van der Waals surface area contributed by atoms with E-state index in [2.05, 4.69) is 15.6 Å². The van der Waals surface area contributed by atoms with Crippen molar-refractivity contribution in [2.45, 2.75) is 4.99 Å². The van der Waals surface area contributed by atoms with Crippen LogP contribution in [0.5, 0.6) is 0 Å². The van der Waals surface area contributed by atoms with E-state index < -0.39 is 20.7 Å². The second-order valence-corrected chi connectivity index (χ2v) is 5.50. The Morgan fingerprint density at radius 1 is 1.67 bits per heavy atom. The second-order valence-electron chi connectivity index (χ2n) is 2.93. The molecule has 0 aromatic carbocycles. The molecule has 1 unspecified atom stereocenters. The van der Waals surface area contributed by atoms with E-state index in [4.69, 9.17) is 11.6 Å². The van der Waals surface area contributed by atoms with Crippen molar-refractivity contribution < 1.29 is 13.2 Å². The van der Waals surface area contributed by atoms with E-state index in [-0.39, 0.29) is 5.03 Å². The highest BCUT2D eigenvalue weighted by Crippen LogP contribution is 2.19. The summed E-state index contributed by atoms with van der Waals surface area (Å²) in [5.74, 6) is -0.762. The summed E-state index contributed by atoms with van der Waals surface area (Å²) in [6.07, 6.45) is 3.25. The topological polar surface area (TPSA) is 87.6 Å². The fourth-order valence-electron chi connectivity index (χ4n) is 1.06. The fourth-order valence-corrected chi connectivity index (χ4v) is 2.12. The van der Waals surface area contributed by atoms with E-state index >= 15 is 0 Å². The Hall–Kier alpha value is -1.08. The molecule has 84 valence electrons. The summed E-state index contributed by atoms with van der Waals surface area (Å²) < 4.78 is 23.0. The van der Waals surface area contributed by atoms with E-state index in [9.17, 15) is 13.2 Å². The number of nitrogens with one attached hydrogen (secondary N) is 2. The Morgan fingerprint density at radius 3 is 2.60 bits per heavy atom. The Balaban J connectivity index is 3.25. The molecule has 1 rings (SSSR count). The monoisotopic (exact) mass is 251 g/mol. The van der Waals surface area contributed by atoms with Gasteiger partial charge in [-0.05, 0) is 0 Å². The second kappa shape index (κ2) is 3.82. The summed E-state index contributed by atoms with van der Waals surface area (Å²) in [5, 5.41) is 4.83. The van der Waals surface area contributed by atoms with Gasteiger partial charge in [0.25, 0.3) is 5.91 Å². The van der Waals surface area contributed by atoms with E-state index in [1.54, 1.807) is 0 Å². The molecule has 0 bridgehead atoms. The number of nitrogens with zero attached hydrogens (tertiary/aromatic N) is 1. The Labute approximate surface area is 92.3 Å². The van der Waals surface area contributed by atoms with Crippen molar-refractivity contribution in [3.8, 4) is 0 Å². The molecule has 1 aliphatic rings. The highest BCUT2D eigenvalue weighted by molar-refractivity contribution is 7.92. The maximum atomic E-state index is 11.5. The summed E-state index contributed by atoms with van der Waals surface area (Å²) in [7, 11) is -2.42. The van der Waals surface area contributed by atoms with Crippen LogP contribution in [0.2, 0.25) is 0 Å². The standard InChI is InChI=1S/C7H10ClN3O3S/c1-9-6(12)7(15(2,13)14)10-3-5(8)4-11-7/h3-4,10H,1-2H3,(H,9,12). The predicted molar refractivity (Wildman–Crippen MR) is 57.2 cm³/mol. The number of allylic oxidation sites excluding steroid dienone is 1. The van der Waals surface area contributed by atoms with Crippen molar-refractivity contribution in [3.63, 3.8) is 0 Å². The molecule has 1 heterocycles. The van der Waals surface area contributed by atoms with Crippen molar-refractivity contribution in [2.24, 2.45) is 4.99 Å². The molecule has 0 aromatic heterocycles. The van der Waals surface area contributed by atoms with E-state index in [1.807, 2.05) is 0 Å². The molecule has 8 heteroatoms. The number of halogens is 1. The van der Waals surface area contributed by atoms with Gasteiger partial charge in [0, 0.05) is 25.7 Å². The van der Waals surface area contributed by atoms with Crippen LogP contribution < -0.4 is 10.6 Å². The van der Waals surface area contributed by atoms with Crippen LogP contribution in [0.1, 0.15) is 0 Å². The van der Waals surface area contributed by atoms with Crippen molar-refractivity contribution in [1.82, 2.24) is 10.6 Å². The summed E-state index contributed by atoms with van der Waals surface area (Å²) in [6.45, 7) is 0. The summed E-state index contributed by atoms with van der Waals surface area (Å²) in [6, 6.07) is 0. The van der Waals surface area contributed by atoms with Crippen LogP contribution in [-0.4, -0.2) is 38.8 Å². The van der Waals surface area contributed by atoms with Gasteiger partial charge in [0.1, 0.15) is 0 Å². The van der Waals surface area contributed by atoms with Crippen molar-refractivity contribution in [3.05, 3.63) is 11.2 Å². The van der Waals surface area contributed by atoms with E-state index in [0.29, 0.717) is 0 Å². The van der Waals surface area contributed by atoms with Crippen LogP contribution in [0, 0.1) is 0 Å². The largest absolute Gasteiger partial charge is 0.354 e. The number of likely N-dealkylation sites (N-methyl/N-ethyl adjacent to an activating group) is 1. The highest BCUT2D eigenvalue weighted by atomic mass is 35.5.